The molecule has 2 heterocycles. The van der Waals surface area contributed by atoms with E-state index in [-0.39, 0.29) is 11.9 Å². The summed E-state index contributed by atoms with van der Waals surface area (Å²) in [5, 5.41) is 8.78. The SMILES string of the molecule is CNC(CSCC(=O)c1ccc2[nH]c3ncc(Cl)cc3c2c1)NC. The lowest BCUT2D eigenvalue weighted by molar-refractivity contribution is 0.102. The molecular formula is C17H19ClN4OS. The van der Waals surface area contributed by atoms with Crippen molar-refractivity contribution in [3.63, 3.8) is 0 Å². The number of carbonyl (C=O) groups is 1. The summed E-state index contributed by atoms with van der Waals surface area (Å²) in [5.74, 6) is 1.40. The van der Waals surface area contributed by atoms with Crippen LogP contribution in [-0.4, -0.2) is 47.5 Å². The average Bonchev–Trinajstić information content (AvgIpc) is 2.95. The molecule has 7 heteroatoms. The minimum Gasteiger partial charge on any atom is -0.339 e. The molecule has 24 heavy (non-hydrogen) atoms. The molecule has 2 aromatic heterocycles. The van der Waals surface area contributed by atoms with Gasteiger partial charge in [-0.25, -0.2) is 4.98 Å². The van der Waals surface area contributed by atoms with Crippen LogP contribution in [0.15, 0.2) is 30.5 Å². The molecule has 0 amide bonds. The molecule has 0 aliphatic carbocycles. The zero-order valence-electron chi connectivity index (χ0n) is 13.5. The minimum atomic E-state index is 0.122. The number of thioether (sulfide) groups is 1. The minimum absolute atomic E-state index is 0.122. The molecule has 3 N–H and O–H groups in total. The van der Waals surface area contributed by atoms with E-state index in [4.69, 9.17) is 11.6 Å². The van der Waals surface area contributed by atoms with Gasteiger partial charge in [0.2, 0.25) is 0 Å². The molecule has 5 nitrogen and oxygen atoms in total. The zero-order valence-corrected chi connectivity index (χ0v) is 15.1. The number of hydrogen-bond donors (Lipinski definition) is 3. The summed E-state index contributed by atoms with van der Waals surface area (Å²) in [6.07, 6.45) is 1.81. The second kappa shape index (κ2) is 7.53. The third-order valence-electron chi connectivity index (χ3n) is 3.95. The summed E-state index contributed by atoms with van der Waals surface area (Å²) in [6, 6.07) is 7.57. The Morgan fingerprint density at radius 3 is 2.83 bits per heavy atom. The topological polar surface area (TPSA) is 69.8 Å². The fourth-order valence-corrected chi connectivity index (χ4v) is 3.78. The summed E-state index contributed by atoms with van der Waals surface area (Å²) >= 11 is 7.66. The maximum atomic E-state index is 12.5. The van der Waals surface area contributed by atoms with E-state index in [9.17, 15) is 4.79 Å². The van der Waals surface area contributed by atoms with Crippen LogP contribution >= 0.6 is 23.4 Å². The van der Waals surface area contributed by atoms with E-state index in [2.05, 4.69) is 20.6 Å². The predicted molar refractivity (Wildman–Crippen MR) is 102 cm³/mol. The van der Waals surface area contributed by atoms with Crippen LogP contribution in [-0.2, 0) is 0 Å². The Kier molecular flexibility index (Phi) is 5.40. The molecule has 0 spiro atoms. The van der Waals surface area contributed by atoms with Crippen LogP contribution in [0, 0.1) is 0 Å². The van der Waals surface area contributed by atoms with Gasteiger partial charge in [-0.15, -0.1) is 0 Å². The molecule has 0 atom stereocenters. The molecule has 0 saturated carbocycles. The van der Waals surface area contributed by atoms with Crippen molar-refractivity contribution in [2.75, 3.05) is 25.6 Å². The van der Waals surface area contributed by atoms with Crippen molar-refractivity contribution in [1.82, 2.24) is 20.6 Å². The van der Waals surface area contributed by atoms with Gasteiger partial charge in [-0.05, 0) is 38.4 Å². The van der Waals surface area contributed by atoms with Gasteiger partial charge < -0.3 is 15.6 Å². The molecule has 0 aliphatic rings. The van der Waals surface area contributed by atoms with E-state index in [1.807, 2.05) is 38.4 Å². The molecule has 1 aromatic carbocycles. The van der Waals surface area contributed by atoms with Crippen molar-refractivity contribution in [2.45, 2.75) is 6.17 Å². The first-order valence-corrected chi connectivity index (χ1v) is 9.18. The van der Waals surface area contributed by atoms with Gasteiger partial charge in [0.1, 0.15) is 5.65 Å². The normalized spacial score (nSPS) is 11.7. The quantitative estimate of drug-likeness (QED) is 0.445. The standard InChI is InChI=1S/C17H19ClN4OS/c1-19-16(20-2)9-24-8-15(23)10-3-4-14-12(5-10)13-6-11(18)7-21-17(13)22-14/h3-7,16,19-20H,8-9H2,1-2H3,(H,21,22). The number of nitrogens with one attached hydrogen (secondary N) is 3. The number of rotatable bonds is 7. The van der Waals surface area contributed by atoms with E-state index < -0.39 is 0 Å². The molecule has 3 aromatic rings. The first-order valence-electron chi connectivity index (χ1n) is 7.65. The molecule has 0 unspecified atom stereocenters. The number of hydrogen-bond acceptors (Lipinski definition) is 5. The predicted octanol–water partition coefficient (Wildman–Crippen LogP) is 3.05. The van der Waals surface area contributed by atoms with Crippen molar-refractivity contribution in [3.8, 4) is 0 Å². The third kappa shape index (κ3) is 3.57. The fourth-order valence-electron chi connectivity index (χ4n) is 2.59. The van der Waals surface area contributed by atoms with Crippen molar-refractivity contribution >= 4 is 51.1 Å². The molecular weight excluding hydrogens is 344 g/mol. The van der Waals surface area contributed by atoms with Gasteiger partial charge in [0.05, 0.1) is 16.9 Å². The molecule has 0 radical (unpaired) electrons. The van der Waals surface area contributed by atoms with Crippen LogP contribution in [0.5, 0.6) is 0 Å². The Morgan fingerprint density at radius 1 is 1.29 bits per heavy atom. The highest BCUT2D eigenvalue weighted by atomic mass is 35.5. The van der Waals surface area contributed by atoms with Crippen molar-refractivity contribution in [3.05, 3.63) is 41.0 Å². The lowest BCUT2D eigenvalue weighted by Gasteiger charge is -2.13. The number of ketones is 1. The second-order valence-electron chi connectivity index (χ2n) is 5.50. The second-order valence-corrected chi connectivity index (χ2v) is 6.97. The number of nitrogens with zero attached hydrogens (tertiary/aromatic N) is 1. The number of halogens is 1. The van der Waals surface area contributed by atoms with E-state index in [0.717, 1.165) is 27.7 Å². The first-order chi connectivity index (χ1) is 11.6. The van der Waals surface area contributed by atoms with Crippen molar-refractivity contribution in [2.24, 2.45) is 0 Å². The number of H-pyrrole nitrogens is 1. The lowest BCUT2D eigenvalue weighted by atomic mass is 10.1. The summed E-state index contributed by atoms with van der Waals surface area (Å²) in [5.41, 5.74) is 2.44. The summed E-state index contributed by atoms with van der Waals surface area (Å²) in [4.78, 5) is 20.0. The summed E-state index contributed by atoms with van der Waals surface area (Å²) in [7, 11) is 3.79. The lowest BCUT2D eigenvalue weighted by Crippen LogP contribution is -2.39. The number of pyridine rings is 1. The molecule has 0 saturated heterocycles. The van der Waals surface area contributed by atoms with E-state index in [1.54, 1.807) is 18.0 Å². The van der Waals surface area contributed by atoms with Crippen LogP contribution < -0.4 is 10.6 Å². The molecule has 0 fully saturated rings. The Bertz CT molecular complexity index is 876. The van der Waals surface area contributed by atoms with Gasteiger partial charge in [-0.2, -0.15) is 11.8 Å². The smallest absolute Gasteiger partial charge is 0.172 e. The molecule has 3 rings (SSSR count). The first kappa shape index (κ1) is 17.2. The van der Waals surface area contributed by atoms with E-state index in [0.29, 0.717) is 16.3 Å². The van der Waals surface area contributed by atoms with Gasteiger partial charge in [-0.3, -0.25) is 4.79 Å². The number of aromatic amines is 1. The Labute approximate surface area is 149 Å². The third-order valence-corrected chi connectivity index (χ3v) is 5.20. The number of Topliss-reactive ketones (excluding diaryl/α,β-unsaturated/α-hetero) is 1. The molecule has 0 bridgehead atoms. The van der Waals surface area contributed by atoms with Gasteiger partial charge in [0, 0.05) is 33.8 Å². The number of aromatic nitrogens is 2. The van der Waals surface area contributed by atoms with E-state index in [1.165, 1.54) is 0 Å². The summed E-state index contributed by atoms with van der Waals surface area (Å²) < 4.78 is 0. The summed E-state index contributed by atoms with van der Waals surface area (Å²) in [6.45, 7) is 0. The Morgan fingerprint density at radius 2 is 2.08 bits per heavy atom. The number of fused-ring (bicyclic) bond motifs is 3. The van der Waals surface area contributed by atoms with Gasteiger partial charge in [0.25, 0.3) is 0 Å². The average molecular weight is 363 g/mol. The maximum absolute atomic E-state index is 12.5. The van der Waals surface area contributed by atoms with Crippen molar-refractivity contribution in [1.29, 1.82) is 0 Å². The molecule has 126 valence electrons. The largest absolute Gasteiger partial charge is 0.339 e. The Hall–Kier alpha value is -1.60. The van der Waals surface area contributed by atoms with Gasteiger partial charge in [0.15, 0.2) is 5.78 Å². The monoisotopic (exact) mass is 362 g/mol. The van der Waals surface area contributed by atoms with Gasteiger partial charge in [-0.1, -0.05) is 11.6 Å². The van der Waals surface area contributed by atoms with Gasteiger partial charge >= 0.3 is 0 Å². The highest BCUT2D eigenvalue weighted by Crippen LogP contribution is 2.27. The zero-order chi connectivity index (χ0) is 17.1. The van der Waals surface area contributed by atoms with Crippen molar-refractivity contribution < 1.29 is 4.79 Å². The number of carbonyl (C=O) groups excluding carboxylic acids is 1. The highest BCUT2D eigenvalue weighted by Gasteiger charge is 2.12. The highest BCUT2D eigenvalue weighted by molar-refractivity contribution is 8.00. The Balaban J connectivity index is 1.80. The maximum Gasteiger partial charge on any atom is 0.172 e. The number of benzene rings is 1. The van der Waals surface area contributed by atoms with Crippen LogP contribution in [0.1, 0.15) is 10.4 Å². The van der Waals surface area contributed by atoms with Crippen LogP contribution in [0.2, 0.25) is 5.02 Å². The van der Waals surface area contributed by atoms with Crippen LogP contribution in [0.3, 0.4) is 0 Å². The van der Waals surface area contributed by atoms with Crippen LogP contribution in [0.25, 0.3) is 21.9 Å². The van der Waals surface area contributed by atoms with Crippen LogP contribution in [0.4, 0.5) is 0 Å². The van der Waals surface area contributed by atoms with E-state index >= 15 is 0 Å². The fraction of sp³-hybridized carbons (Fsp3) is 0.294. The molecule has 0 aliphatic heterocycles.